The molecular formula is C36H48F2MgN8O10. The van der Waals surface area contributed by atoms with Gasteiger partial charge >= 0.3 is 23.1 Å². The zero-order valence-electron chi connectivity index (χ0n) is 32.0. The molecule has 0 spiro atoms. The van der Waals surface area contributed by atoms with Crippen LogP contribution >= 0.6 is 0 Å². The van der Waals surface area contributed by atoms with Crippen molar-refractivity contribution >= 4 is 59.5 Å². The molecule has 2 aromatic heterocycles. The molecule has 6 amide bonds. The Morgan fingerprint density at radius 3 is 1.44 bits per heavy atom. The van der Waals surface area contributed by atoms with Gasteiger partial charge in [0, 0.05) is 26.2 Å². The van der Waals surface area contributed by atoms with Gasteiger partial charge in [-0.05, 0) is 62.8 Å². The van der Waals surface area contributed by atoms with Crippen LogP contribution in [-0.2, 0) is 28.8 Å². The largest absolute Gasteiger partial charge is 2.00 e. The number of unbranched alkanes of at least 4 members (excludes halogenated alkanes) is 2. The second-order valence-electron chi connectivity index (χ2n) is 13.5. The van der Waals surface area contributed by atoms with Gasteiger partial charge in [-0.3, -0.25) is 28.8 Å². The van der Waals surface area contributed by atoms with Gasteiger partial charge in [-0.25, -0.2) is 8.78 Å². The van der Waals surface area contributed by atoms with E-state index in [1.807, 2.05) is 13.8 Å². The summed E-state index contributed by atoms with van der Waals surface area (Å²) in [5.41, 5.74) is -0.306. The summed E-state index contributed by atoms with van der Waals surface area (Å²) < 4.78 is 26.9. The molecule has 0 radical (unpaired) electrons. The molecule has 4 atom stereocenters. The third kappa shape index (κ3) is 14.3. The molecule has 18 nitrogen and oxygen atoms in total. The van der Waals surface area contributed by atoms with E-state index in [2.05, 4.69) is 9.98 Å². The number of likely N-dealkylation sites (tertiary alicyclic amines) is 2. The van der Waals surface area contributed by atoms with E-state index in [9.17, 15) is 58.4 Å². The van der Waals surface area contributed by atoms with Crippen molar-refractivity contribution in [3.63, 3.8) is 0 Å². The summed E-state index contributed by atoms with van der Waals surface area (Å²) in [4.78, 5) is 82.7. The summed E-state index contributed by atoms with van der Waals surface area (Å²) in [5, 5.41) is 42.6. The standard InChI is InChI=1S/2C18H24FN4O5.Mg/c2*1-2-3-5-13(10-21(27)12-24)18(26)22-9-4-6-15(22)17(25)20-16-8-7-14(19)11-23(16)28;/h2*7-8,11-13,15,28H,2-6,9-10H2,1H3;/q2*-1;+2/t2*13-,15+;/m11./s1. The van der Waals surface area contributed by atoms with Crippen molar-refractivity contribution in [2.45, 2.75) is 90.1 Å². The minimum Gasteiger partial charge on any atom is -0.756 e. The summed E-state index contributed by atoms with van der Waals surface area (Å²) in [7, 11) is 0. The first-order chi connectivity index (χ1) is 26.7. The Bertz CT molecular complexity index is 1700. The molecule has 2 aromatic rings. The number of aromatic nitrogens is 2. The summed E-state index contributed by atoms with van der Waals surface area (Å²) >= 11 is 0. The van der Waals surface area contributed by atoms with E-state index in [0.29, 0.717) is 73.9 Å². The summed E-state index contributed by atoms with van der Waals surface area (Å²) in [6.07, 6.45) is 7.71. The average Bonchev–Trinajstić information content (AvgIpc) is 3.88. The molecule has 0 saturated carbocycles. The van der Waals surface area contributed by atoms with Crippen LogP contribution < -0.4 is 11.0 Å². The molecule has 21 heteroatoms. The molecule has 4 rings (SSSR count). The van der Waals surface area contributed by atoms with Crippen LogP contribution in [0.25, 0.3) is 0 Å². The van der Waals surface area contributed by atoms with Gasteiger partial charge in [-0.1, -0.05) is 39.5 Å². The van der Waals surface area contributed by atoms with Crippen LogP contribution in [0.1, 0.15) is 78.1 Å². The number of hydrogen-bond acceptors (Lipinski definition) is 10. The van der Waals surface area contributed by atoms with Gasteiger partial charge in [0.25, 0.3) is 11.8 Å². The SMILES string of the molecule is CCCC[C@H](CN([O-])C=O)C(=O)N1CCC[C@H]1C(=O)N=c1ccc(F)cn1O.CCCC[C@H](CN([O-])C=O)C(=O)N1CCC[C@H]1C(=O)N=c1ccc(F)cn1O.[Mg+2]. The van der Waals surface area contributed by atoms with Gasteiger partial charge in [-0.2, -0.15) is 19.4 Å². The van der Waals surface area contributed by atoms with Crippen LogP contribution in [0.3, 0.4) is 0 Å². The molecule has 2 aliphatic rings. The number of carbonyl (C=O) groups is 6. The maximum Gasteiger partial charge on any atom is 2.00 e. The smallest absolute Gasteiger partial charge is 0.756 e. The Labute approximate surface area is 343 Å². The van der Waals surface area contributed by atoms with Crippen molar-refractivity contribution in [3.8, 4) is 0 Å². The molecule has 0 aromatic carbocycles. The first-order valence-electron chi connectivity index (χ1n) is 18.5. The van der Waals surface area contributed by atoms with Gasteiger partial charge in [0.05, 0.1) is 24.2 Å². The number of pyridine rings is 2. The Kier molecular flexibility index (Phi) is 20.5. The van der Waals surface area contributed by atoms with Gasteiger partial charge in [0.15, 0.2) is 23.8 Å². The fourth-order valence-electron chi connectivity index (χ4n) is 6.52. The van der Waals surface area contributed by atoms with Crippen molar-refractivity contribution in [2.24, 2.45) is 21.8 Å². The number of halogens is 2. The third-order valence-corrected chi connectivity index (χ3v) is 9.38. The molecule has 57 heavy (non-hydrogen) atoms. The predicted octanol–water partition coefficient (Wildman–Crippen LogP) is 1.71. The number of carbonyl (C=O) groups excluding carboxylic acids is 6. The average molecular weight is 815 g/mol. The molecule has 2 N–H and O–H groups in total. The minimum absolute atomic E-state index is 0. The van der Waals surface area contributed by atoms with Crippen LogP contribution in [-0.4, -0.2) is 138 Å². The number of hydrogen-bond donors (Lipinski definition) is 2. The fraction of sp³-hybridized carbons (Fsp3) is 0.556. The predicted molar refractivity (Wildman–Crippen MR) is 198 cm³/mol. The quantitative estimate of drug-likeness (QED) is 0.108. The monoisotopic (exact) mass is 814 g/mol. The van der Waals surface area contributed by atoms with Crippen molar-refractivity contribution in [3.05, 3.63) is 69.7 Å². The van der Waals surface area contributed by atoms with Gasteiger partial charge < -0.3 is 40.8 Å². The Morgan fingerprint density at radius 1 is 0.754 bits per heavy atom. The van der Waals surface area contributed by atoms with E-state index < -0.39 is 47.4 Å². The van der Waals surface area contributed by atoms with E-state index in [-0.39, 0.29) is 81.9 Å². The Hall–Kier alpha value is -4.73. The van der Waals surface area contributed by atoms with E-state index >= 15 is 0 Å². The number of hydroxylamine groups is 4. The molecule has 308 valence electrons. The fourth-order valence-corrected chi connectivity index (χ4v) is 6.52. The first-order valence-corrected chi connectivity index (χ1v) is 18.5. The molecule has 0 unspecified atom stereocenters. The zero-order chi connectivity index (χ0) is 41.4. The summed E-state index contributed by atoms with van der Waals surface area (Å²) in [6.45, 7) is 4.07. The van der Waals surface area contributed by atoms with E-state index in [1.54, 1.807) is 0 Å². The van der Waals surface area contributed by atoms with Crippen LogP contribution in [0, 0.1) is 33.9 Å². The molecule has 4 heterocycles. The molecule has 0 bridgehead atoms. The number of rotatable bonds is 16. The second-order valence-corrected chi connectivity index (χ2v) is 13.5. The van der Waals surface area contributed by atoms with Crippen LogP contribution in [0.15, 0.2) is 46.6 Å². The van der Waals surface area contributed by atoms with E-state index in [0.717, 1.165) is 49.5 Å². The molecule has 0 aliphatic carbocycles. The van der Waals surface area contributed by atoms with Crippen molar-refractivity contribution < 1.29 is 48.0 Å². The van der Waals surface area contributed by atoms with E-state index in [1.165, 1.54) is 9.80 Å². The zero-order valence-corrected chi connectivity index (χ0v) is 33.4. The van der Waals surface area contributed by atoms with Crippen LogP contribution in [0.4, 0.5) is 8.78 Å². The van der Waals surface area contributed by atoms with Crippen molar-refractivity contribution in [1.29, 1.82) is 0 Å². The van der Waals surface area contributed by atoms with E-state index in [4.69, 9.17) is 0 Å². The molecule has 2 fully saturated rings. The number of nitrogens with zero attached hydrogens (tertiary/aromatic N) is 8. The van der Waals surface area contributed by atoms with Gasteiger partial charge in [-0.15, -0.1) is 0 Å². The third-order valence-electron chi connectivity index (χ3n) is 9.38. The molecule has 2 saturated heterocycles. The second kappa shape index (κ2) is 24.1. The summed E-state index contributed by atoms with van der Waals surface area (Å²) in [6, 6.07) is 2.77. The van der Waals surface area contributed by atoms with Gasteiger partial charge in [0.1, 0.15) is 23.7 Å². The topological polar surface area (TPSA) is 237 Å². The first kappa shape index (κ1) is 48.4. The summed E-state index contributed by atoms with van der Waals surface area (Å²) in [5.74, 6) is -4.76. The number of amides is 6. The van der Waals surface area contributed by atoms with Crippen LogP contribution in [0.2, 0.25) is 0 Å². The van der Waals surface area contributed by atoms with Crippen molar-refractivity contribution in [1.82, 2.24) is 29.4 Å². The normalized spacial score (nSPS) is 17.9. The molecule has 2 aliphatic heterocycles. The maximum absolute atomic E-state index is 13.1. The minimum atomic E-state index is -0.821. The van der Waals surface area contributed by atoms with Crippen LogP contribution in [0.5, 0.6) is 0 Å². The Morgan fingerprint density at radius 2 is 1.12 bits per heavy atom. The maximum atomic E-state index is 13.1. The van der Waals surface area contributed by atoms with Crippen molar-refractivity contribution in [2.75, 3.05) is 26.2 Å². The Balaban J connectivity index is 0.000000387. The molecular weight excluding hydrogens is 767 g/mol. The van der Waals surface area contributed by atoms with Gasteiger partial charge in [0.2, 0.25) is 11.8 Å².